The molecular formula is C11H13N5S. The Labute approximate surface area is 105 Å². The molecule has 1 heterocycles. The fourth-order valence-electron chi connectivity index (χ4n) is 1.44. The molecule has 0 amide bonds. The Bertz CT molecular complexity index is 494. The molecule has 0 aliphatic carbocycles. The van der Waals surface area contributed by atoms with E-state index in [1.165, 1.54) is 0 Å². The van der Waals surface area contributed by atoms with Gasteiger partial charge in [-0.05, 0) is 18.1 Å². The molecule has 0 bridgehead atoms. The predicted molar refractivity (Wildman–Crippen MR) is 69.3 cm³/mol. The van der Waals surface area contributed by atoms with Crippen molar-refractivity contribution < 1.29 is 0 Å². The molecule has 17 heavy (non-hydrogen) atoms. The Hall–Kier alpha value is -1.82. The third-order valence-electron chi connectivity index (χ3n) is 2.27. The fourth-order valence-corrected chi connectivity index (χ4v) is 1.58. The van der Waals surface area contributed by atoms with Crippen molar-refractivity contribution in [2.75, 3.05) is 0 Å². The monoisotopic (exact) mass is 247 g/mol. The maximum Gasteiger partial charge on any atom is 0.204 e. The van der Waals surface area contributed by atoms with Gasteiger partial charge in [-0.2, -0.15) is 4.80 Å². The Morgan fingerprint density at radius 3 is 2.76 bits per heavy atom. The molecule has 0 unspecified atom stereocenters. The van der Waals surface area contributed by atoms with Crippen LogP contribution in [0.3, 0.4) is 0 Å². The summed E-state index contributed by atoms with van der Waals surface area (Å²) in [6.45, 7) is 0.678. The van der Waals surface area contributed by atoms with Gasteiger partial charge in [0, 0.05) is 5.56 Å². The summed E-state index contributed by atoms with van der Waals surface area (Å²) in [5.74, 6) is 0.640. The van der Waals surface area contributed by atoms with Crippen molar-refractivity contribution in [3.63, 3.8) is 0 Å². The lowest BCUT2D eigenvalue weighted by molar-refractivity contribution is 0.507. The summed E-state index contributed by atoms with van der Waals surface area (Å²) in [6.07, 6.45) is 1.54. The highest BCUT2D eigenvalue weighted by molar-refractivity contribution is 7.80. The standard InChI is InChI=1S/C11H13N5S/c12-10(17)7-4-8-16-14-11(13-15-16)9-5-2-1-3-6-9/h1-3,5-6H,4,7-8H2,(H2,12,17). The lowest BCUT2D eigenvalue weighted by Crippen LogP contribution is -2.10. The molecule has 0 fully saturated rings. The minimum Gasteiger partial charge on any atom is -0.393 e. The van der Waals surface area contributed by atoms with Crippen molar-refractivity contribution in [2.45, 2.75) is 19.4 Å². The Kier molecular flexibility index (Phi) is 3.77. The van der Waals surface area contributed by atoms with Crippen LogP contribution in [0.5, 0.6) is 0 Å². The van der Waals surface area contributed by atoms with Gasteiger partial charge in [0.2, 0.25) is 5.82 Å². The van der Waals surface area contributed by atoms with Gasteiger partial charge in [-0.3, -0.25) is 0 Å². The Morgan fingerprint density at radius 2 is 2.06 bits per heavy atom. The topological polar surface area (TPSA) is 69.6 Å². The first kappa shape index (κ1) is 11.7. The summed E-state index contributed by atoms with van der Waals surface area (Å²) in [4.78, 5) is 2.09. The first-order valence-corrected chi connectivity index (χ1v) is 5.78. The second-order valence-corrected chi connectivity index (χ2v) is 4.17. The molecule has 6 heteroatoms. The van der Waals surface area contributed by atoms with Gasteiger partial charge in [0.25, 0.3) is 0 Å². The fraction of sp³-hybridized carbons (Fsp3) is 0.273. The average Bonchev–Trinajstić information content (AvgIpc) is 2.78. The largest absolute Gasteiger partial charge is 0.393 e. The molecule has 0 atom stereocenters. The Balaban J connectivity index is 1.99. The van der Waals surface area contributed by atoms with Crippen LogP contribution in [-0.4, -0.2) is 25.2 Å². The van der Waals surface area contributed by atoms with Gasteiger partial charge in [0.15, 0.2) is 0 Å². The summed E-state index contributed by atoms with van der Waals surface area (Å²) >= 11 is 4.80. The highest BCUT2D eigenvalue weighted by Crippen LogP contribution is 2.11. The van der Waals surface area contributed by atoms with Crippen LogP contribution in [0.2, 0.25) is 0 Å². The van der Waals surface area contributed by atoms with Gasteiger partial charge in [0.1, 0.15) is 0 Å². The van der Waals surface area contributed by atoms with Crippen molar-refractivity contribution in [2.24, 2.45) is 5.73 Å². The van der Waals surface area contributed by atoms with Gasteiger partial charge in [-0.15, -0.1) is 10.2 Å². The smallest absolute Gasteiger partial charge is 0.204 e. The van der Waals surface area contributed by atoms with Crippen LogP contribution in [0.4, 0.5) is 0 Å². The molecular weight excluding hydrogens is 234 g/mol. The molecule has 1 aromatic heterocycles. The predicted octanol–water partition coefficient (Wildman–Crippen LogP) is 1.41. The van der Waals surface area contributed by atoms with Gasteiger partial charge in [0.05, 0.1) is 11.5 Å². The number of nitrogens with zero attached hydrogens (tertiary/aromatic N) is 4. The van der Waals surface area contributed by atoms with Gasteiger partial charge in [-0.1, -0.05) is 42.5 Å². The molecule has 2 N–H and O–H groups in total. The third kappa shape index (κ3) is 3.32. The maximum absolute atomic E-state index is 5.42. The van der Waals surface area contributed by atoms with Crippen LogP contribution in [0.15, 0.2) is 30.3 Å². The van der Waals surface area contributed by atoms with Crippen LogP contribution >= 0.6 is 12.2 Å². The molecule has 0 saturated heterocycles. The average molecular weight is 247 g/mol. The number of hydrogen-bond donors (Lipinski definition) is 1. The number of tetrazole rings is 1. The molecule has 2 rings (SSSR count). The van der Waals surface area contributed by atoms with Crippen LogP contribution in [0.25, 0.3) is 11.4 Å². The zero-order valence-electron chi connectivity index (χ0n) is 9.28. The van der Waals surface area contributed by atoms with E-state index in [9.17, 15) is 0 Å². The lowest BCUT2D eigenvalue weighted by atomic mass is 10.2. The molecule has 0 aliphatic heterocycles. The molecule has 0 saturated carbocycles. The first-order valence-electron chi connectivity index (χ1n) is 5.37. The number of nitrogens with two attached hydrogens (primary N) is 1. The van der Waals surface area contributed by atoms with Crippen LogP contribution < -0.4 is 5.73 Å². The van der Waals surface area contributed by atoms with E-state index in [0.717, 1.165) is 12.0 Å². The number of aromatic nitrogens is 4. The van der Waals surface area contributed by atoms with E-state index in [0.29, 0.717) is 23.8 Å². The second kappa shape index (κ2) is 5.49. The first-order chi connectivity index (χ1) is 8.25. The van der Waals surface area contributed by atoms with Crippen molar-refractivity contribution in [1.82, 2.24) is 20.2 Å². The highest BCUT2D eigenvalue weighted by Gasteiger charge is 2.04. The van der Waals surface area contributed by atoms with Gasteiger partial charge in [-0.25, -0.2) is 0 Å². The summed E-state index contributed by atoms with van der Waals surface area (Å²) < 4.78 is 0. The van der Waals surface area contributed by atoms with E-state index in [4.69, 9.17) is 18.0 Å². The molecule has 0 aliphatic rings. The van der Waals surface area contributed by atoms with Crippen LogP contribution in [0, 0.1) is 0 Å². The van der Waals surface area contributed by atoms with Crippen LogP contribution in [-0.2, 0) is 6.54 Å². The molecule has 88 valence electrons. The van der Waals surface area contributed by atoms with Crippen LogP contribution in [0.1, 0.15) is 12.8 Å². The van der Waals surface area contributed by atoms with E-state index in [1.54, 1.807) is 4.80 Å². The van der Waals surface area contributed by atoms with E-state index in [2.05, 4.69) is 15.4 Å². The quantitative estimate of drug-likeness (QED) is 0.809. The molecule has 1 aromatic carbocycles. The van der Waals surface area contributed by atoms with E-state index < -0.39 is 0 Å². The number of hydrogen-bond acceptors (Lipinski definition) is 4. The summed E-state index contributed by atoms with van der Waals surface area (Å²) in [7, 11) is 0. The van der Waals surface area contributed by atoms with Gasteiger partial charge < -0.3 is 5.73 Å². The Morgan fingerprint density at radius 1 is 1.29 bits per heavy atom. The number of rotatable bonds is 5. The van der Waals surface area contributed by atoms with Gasteiger partial charge >= 0.3 is 0 Å². The minimum atomic E-state index is 0.522. The molecule has 0 radical (unpaired) electrons. The molecule has 2 aromatic rings. The summed E-state index contributed by atoms with van der Waals surface area (Å²) in [5, 5.41) is 12.3. The minimum absolute atomic E-state index is 0.522. The lowest BCUT2D eigenvalue weighted by Gasteiger charge is -1.97. The third-order valence-corrected chi connectivity index (χ3v) is 2.47. The molecule has 0 spiro atoms. The van der Waals surface area contributed by atoms with E-state index in [-0.39, 0.29) is 0 Å². The normalized spacial score (nSPS) is 10.4. The SMILES string of the molecule is NC(=S)CCCn1nnc(-c2ccccc2)n1. The summed E-state index contributed by atoms with van der Waals surface area (Å²) in [5.41, 5.74) is 6.38. The maximum atomic E-state index is 5.42. The zero-order valence-corrected chi connectivity index (χ0v) is 10.1. The number of benzene rings is 1. The van der Waals surface area contributed by atoms with E-state index >= 15 is 0 Å². The second-order valence-electron chi connectivity index (χ2n) is 3.64. The van der Waals surface area contributed by atoms with Crippen molar-refractivity contribution >= 4 is 17.2 Å². The van der Waals surface area contributed by atoms with E-state index in [1.807, 2.05) is 30.3 Å². The van der Waals surface area contributed by atoms with Crippen molar-refractivity contribution in [3.8, 4) is 11.4 Å². The van der Waals surface area contributed by atoms with Crippen molar-refractivity contribution in [3.05, 3.63) is 30.3 Å². The summed E-state index contributed by atoms with van der Waals surface area (Å²) in [6, 6.07) is 9.76. The van der Waals surface area contributed by atoms with Crippen molar-refractivity contribution in [1.29, 1.82) is 0 Å². The zero-order chi connectivity index (χ0) is 12.1. The number of thiocarbonyl (C=S) groups is 1. The number of aryl methyl sites for hydroxylation is 1. The highest BCUT2D eigenvalue weighted by atomic mass is 32.1. The molecule has 5 nitrogen and oxygen atoms in total.